The number of rotatable bonds is 3. The SMILES string of the molecule is O=C(O)c1cc(Cl)nc(NC2CCNCC2)c1. The molecule has 2 rings (SSSR count). The Bertz CT molecular complexity index is 419. The summed E-state index contributed by atoms with van der Waals surface area (Å²) in [6.07, 6.45) is 1.99. The lowest BCUT2D eigenvalue weighted by Crippen LogP contribution is -2.35. The van der Waals surface area contributed by atoms with Crippen molar-refractivity contribution in [1.82, 2.24) is 10.3 Å². The minimum Gasteiger partial charge on any atom is -0.478 e. The predicted molar refractivity (Wildman–Crippen MR) is 65.7 cm³/mol. The van der Waals surface area contributed by atoms with E-state index in [1.807, 2.05) is 0 Å². The number of hydrogen-bond acceptors (Lipinski definition) is 4. The minimum atomic E-state index is -0.998. The van der Waals surface area contributed by atoms with Gasteiger partial charge in [0, 0.05) is 6.04 Å². The molecule has 5 nitrogen and oxygen atoms in total. The second-order valence-electron chi connectivity index (χ2n) is 4.04. The second kappa shape index (κ2) is 5.33. The molecule has 0 unspecified atom stereocenters. The van der Waals surface area contributed by atoms with E-state index in [1.54, 1.807) is 0 Å². The van der Waals surface area contributed by atoms with Crippen molar-refractivity contribution in [2.45, 2.75) is 18.9 Å². The highest BCUT2D eigenvalue weighted by molar-refractivity contribution is 6.29. The molecule has 0 radical (unpaired) electrons. The highest BCUT2D eigenvalue weighted by Crippen LogP contribution is 2.17. The molecule has 1 aromatic heterocycles. The lowest BCUT2D eigenvalue weighted by Gasteiger charge is -2.24. The number of halogens is 1. The maximum Gasteiger partial charge on any atom is 0.335 e. The van der Waals surface area contributed by atoms with Crippen molar-refractivity contribution in [2.75, 3.05) is 18.4 Å². The number of carboxylic acid groups (broad SMARTS) is 1. The van der Waals surface area contributed by atoms with Crippen LogP contribution in [0.1, 0.15) is 23.2 Å². The number of anilines is 1. The van der Waals surface area contributed by atoms with Crippen LogP contribution in [0.3, 0.4) is 0 Å². The van der Waals surface area contributed by atoms with Gasteiger partial charge in [-0.2, -0.15) is 0 Å². The predicted octanol–water partition coefficient (Wildman–Crippen LogP) is 1.60. The lowest BCUT2D eigenvalue weighted by atomic mass is 10.1. The van der Waals surface area contributed by atoms with Crippen LogP contribution in [0.5, 0.6) is 0 Å². The fourth-order valence-corrected chi connectivity index (χ4v) is 2.08. The number of pyridine rings is 1. The Labute approximate surface area is 104 Å². The molecule has 2 heterocycles. The highest BCUT2D eigenvalue weighted by Gasteiger charge is 2.14. The number of piperidine rings is 1. The first-order chi connectivity index (χ1) is 8.15. The molecule has 1 fully saturated rings. The molecule has 3 N–H and O–H groups in total. The zero-order valence-corrected chi connectivity index (χ0v) is 10.00. The molecule has 0 atom stereocenters. The standard InChI is InChI=1S/C11H14ClN3O2/c12-9-5-7(11(16)17)6-10(15-9)14-8-1-3-13-4-2-8/h5-6,8,13H,1-4H2,(H,14,15)(H,16,17). The Morgan fingerprint density at radius 2 is 2.18 bits per heavy atom. The van der Waals surface area contributed by atoms with Crippen LogP contribution in [0.4, 0.5) is 5.82 Å². The van der Waals surface area contributed by atoms with E-state index in [-0.39, 0.29) is 10.7 Å². The van der Waals surface area contributed by atoms with E-state index in [0.29, 0.717) is 11.9 Å². The largest absolute Gasteiger partial charge is 0.478 e. The smallest absolute Gasteiger partial charge is 0.335 e. The summed E-state index contributed by atoms with van der Waals surface area (Å²) in [5.41, 5.74) is 0.154. The van der Waals surface area contributed by atoms with E-state index < -0.39 is 5.97 Å². The topological polar surface area (TPSA) is 74.2 Å². The fourth-order valence-electron chi connectivity index (χ4n) is 1.87. The van der Waals surface area contributed by atoms with Gasteiger partial charge in [0.1, 0.15) is 11.0 Å². The van der Waals surface area contributed by atoms with Gasteiger partial charge in [0.2, 0.25) is 0 Å². The third kappa shape index (κ3) is 3.31. The molecular weight excluding hydrogens is 242 g/mol. The van der Waals surface area contributed by atoms with Crippen LogP contribution in [-0.2, 0) is 0 Å². The van der Waals surface area contributed by atoms with Crippen LogP contribution in [0.2, 0.25) is 5.15 Å². The number of carboxylic acids is 1. The van der Waals surface area contributed by atoms with Crippen LogP contribution in [0.15, 0.2) is 12.1 Å². The summed E-state index contributed by atoms with van der Waals surface area (Å²) in [5, 5.41) is 15.6. The molecule has 1 aromatic rings. The average molecular weight is 256 g/mol. The van der Waals surface area contributed by atoms with Gasteiger partial charge < -0.3 is 15.7 Å². The third-order valence-corrected chi connectivity index (χ3v) is 2.93. The van der Waals surface area contributed by atoms with Crippen LogP contribution < -0.4 is 10.6 Å². The van der Waals surface area contributed by atoms with E-state index in [9.17, 15) is 4.79 Å². The van der Waals surface area contributed by atoms with Crippen LogP contribution in [-0.4, -0.2) is 35.2 Å². The van der Waals surface area contributed by atoms with Gasteiger partial charge in [-0.25, -0.2) is 9.78 Å². The number of carbonyl (C=O) groups is 1. The van der Waals surface area contributed by atoms with Gasteiger partial charge >= 0.3 is 5.97 Å². The van der Waals surface area contributed by atoms with Gasteiger partial charge in [0.05, 0.1) is 5.56 Å². The third-order valence-electron chi connectivity index (χ3n) is 2.73. The van der Waals surface area contributed by atoms with Crippen molar-refractivity contribution in [2.24, 2.45) is 0 Å². The quantitative estimate of drug-likeness (QED) is 0.716. The van der Waals surface area contributed by atoms with E-state index in [2.05, 4.69) is 15.6 Å². The fraction of sp³-hybridized carbons (Fsp3) is 0.455. The maximum absolute atomic E-state index is 10.9. The molecular formula is C11H14ClN3O2. The molecule has 6 heteroatoms. The summed E-state index contributed by atoms with van der Waals surface area (Å²) < 4.78 is 0. The van der Waals surface area contributed by atoms with Crippen molar-refractivity contribution in [3.63, 3.8) is 0 Å². The number of aromatic nitrogens is 1. The molecule has 0 aromatic carbocycles. The van der Waals surface area contributed by atoms with Crippen LogP contribution in [0.25, 0.3) is 0 Å². The summed E-state index contributed by atoms with van der Waals surface area (Å²) in [4.78, 5) is 15.0. The Morgan fingerprint density at radius 1 is 1.47 bits per heavy atom. The highest BCUT2D eigenvalue weighted by atomic mass is 35.5. The molecule has 1 aliphatic rings. The normalized spacial score (nSPS) is 16.8. The Morgan fingerprint density at radius 3 is 2.82 bits per heavy atom. The molecule has 1 aliphatic heterocycles. The first-order valence-electron chi connectivity index (χ1n) is 5.53. The molecule has 0 aliphatic carbocycles. The maximum atomic E-state index is 10.9. The van der Waals surface area contributed by atoms with Gasteiger partial charge in [-0.3, -0.25) is 0 Å². The summed E-state index contributed by atoms with van der Waals surface area (Å²) in [6.45, 7) is 1.92. The van der Waals surface area contributed by atoms with Gasteiger partial charge in [0.15, 0.2) is 0 Å². The van der Waals surface area contributed by atoms with Gasteiger partial charge in [-0.15, -0.1) is 0 Å². The number of aromatic carboxylic acids is 1. The average Bonchev–Trinajstić information content (AvgIpc) is 2.29. The number of hydrogen-bond donors (Lipinski definition) is 3. The van der Waals surface area contributed by atoms with E-state index in [0.717, 1.165) is 25.9 Å². The first kappa shape index (κ1) is 12.1. The Kier molecular flexibility index (Phi) is 3.81. The van der Waals surface area contributed by atoms with E-state index in [4.69, 9.17) is 16.7 Å². The molecule has 0 bridgehead atoms. The van der Waals surface area contributed by atoms with E-state index in [1.165, 1.54) is 12.1 Å². The molecule has 0 saturated carbocycles. The summed E-state index contributed by atoms with van der Waals surface area (Å²) in [5.74, 6) is -0.468. The second-order valence-corrected chi connectivity index (χ2v) is 4.42. The van der Waals surface area contributed by atoms with Crippen molar-refractivity contribution in [3.05, 3.63) is 22.8 Å². The molecule has 0 amide bonds. The first-order valence-corrected chi connectivity index (χ1v) is 5.91. The van der Waals surface area contributed by atoms with Crippen molar-refractivity contribution >= 4 is 23.4 Å². The Balaban J connectivity index is 2.11. The summed E-state index contributed by atoms with van der Waals surface area (Å²) >= 11 is 5.78. The minimum absolute atomic E-state index is 0.154. The van der Waals surface area contributed by atoms with Gasteiger partial charge in [-0.05, 0) is 38.1 Å². The molecule has 0 spiro atoms. The van der Waals surface area contributed by atoms with Crippen molar-refractivity contribution in [3.8, 4) is 0 Å². The number of nitrogens with zero attached hydrogens (tertiary/aromatic N) is 1. The Hall–Kier alpha value is -1.33. The molecule has 92 valence electrons. The molecule has 17 heavy (non-hydrogen) atoms. The van der Waals surface area contributed by atoms with Crippen LogP contribution in [0, 0.1) is 0 Å². The van der Waals surface area contributed by atoms with E-state index >= 15 is 0 Å². The summed E-state index contributed by atoms with van der Waals surface area (Å²) in [7, 11) is 0. The van der Waals surface area contributed by atoms with Gasteiger partial charge in [0.25, 0.3) is 0 Å². The van der Waals surface area contributed by atoms with Gasteiger partial charge in [-0.1, -0.05) is 11.6 Å². The van der Waals surface area contributed by atoms with Crippen LogP contribution >= 0.6 is 11.6 Å². The molecule has 1 saturated heterocycles. The van der Waals surface area contributed by atoms with Crippen molar-refractivity contribution < 1.29 is 9.90 Å². The lowest BCUT2D eigenvalue weighted by molar-refractivity contribution is 0.0697. The monoisotopic (exact) mass is 255 g/mol. The number of nitrogens with one attached hydrogen (secondary N) is 2. The summed E-state index contributed by atoms with van der Waals surface area (Å²) in [6, 6.07) is 3.18. The zero-order valence-electron chi connectivity index (χ0n) is 9.24. The zero-order chi connectivity index (χ0) is 12.3. The van der Waals surface area contributed by atoms with Crippen molar-refractivity contribution in [1.29, 1.82) is 0 Å².